The molecule has 0 aliphatic rings. The van der Waals surface area contributed by atoms with Gasteiger partial charge in [-0.05, 0) is 13.8 Å². The summed E-state index contributed by atoms with van der Waals surface area (Å²) in [5.41, 5.74) is 6.19. The number of aromatic nitrogens is 5. The first-order valence-corrected chi connectivity index (χ1v) is 5.74. The summed E-state index contributed by atoms with van der Waals surface area (Å²) < 4.78 is 11.3. The van der Waals surface area contributed by atoms with Crippen molar-refractivity contribution < 1.29 is 14.1 Å². The highest BCUT2D eigenvalue weighted by atomic mass is 16.5. The second kappa shape index (κ2) is 5.57. The quantitative estimate of drug-likeness (QED) is 0.729. The maximum Gasteiger partial charge on any atom is 0.360 e. The largest absolute Gasteiger partial charge is 0.461 e. The number of nitrogens with two attached hydrogens (primary N) is 1. The smallest absolute Gasteiger partial charge is 0.360 e. The Hall–Kier alpha value is -2.29. The van der Waals surface area contributed by atoms with Gasteiger partial charge in [0.15, 0.2) is 11.5 Å². The van der Waals surface area contributed by atoms with Gasteiger partial charge in [-0.25, -0.2) is 9.48 Å². The van der Waals surface area contributed by atoms with Crippen LogP contribution in [0.15, 0.2) is 4.52 Å². The molecule has 2 heterocycles. The van der Waals surface area contributed by atoms with E-state index in [1.54, 1.807) is 13.8 Å². The number of nitrogens with zero attached hydrogens (tertiary/aromatic N) is 5. The molecular weight excluding hydrogens is 252 g/mol. The summed E-state index contributed by atoms with van der Waals surface area (Å²) in [6, 6.07) is 0. The van der Waals surface area contributed by atoms with Gasteiger partial charge >= 0.3 is 5.97 Å². The van der Waals surface area contributed by atoms with E-state index in [9.17, 15) is 4.79 Å². The molecule has 19 heavy (non-hydrogen) atoms. The predicted molar refractivity (Wildman–Crippen MR) is 62.0 cm³/mol. The van der Waals surface area contributed by atoms with Crippen molar-refractivity contribution in [3.63, 3.8) is 0 Å². The molecule has 0 unspecified atom stereocenters. The highest BCUT2D eigenvalue weighted by Crippen LogP contribution is 2.09. The van der Waals surface area contributed by atoms with Gasteiger partial charge < -0.3 is 15.0 Å². The molecule has 0 bridgehead atoms. The Morgan fingerprint density at radius 1 is 1.53 bits per heavy atom. The van der Waals surface area contributed by atoms with E-state index in [1.807, 2.05) is 0 Å². The second-order valence-corrected chi connectivity index (χ2v) is 3.70. The summed E-state index contributed by atoms with van der Waals surface area (Å²) in [4.78, 5) is 15.7. The van der Waals surface area contributed by atoms with Crippen LogP contribution >= 0.6 is 0 Å². The molecular formula is C10H14N6O3. The fourth-order valence-corrected chi connectivity index (χ4v) is 1.55. The molecule has 0 saturated carbocycles. The Morgan fingerprint density at radius 3 is 2.89 bits per heavy atom. The van der Waals surface area contributed by atoms with E-state index >= 15 is 0 Å². The number of carbonyl (C=O) groups excluding carboxylic acids is 1. The lowest BCUT2D eigenvalue weighted by Crippen LogP contribution is -2.15. The average molecular weight is 266 g/mol. The Morgan fingerprint density at radius 2 is 2.32 bits per heavy atom. The van der Waals surface area contributed by atoms with Gasteiger partial charge in [0.25, 0.3) is 0 Å². The van der Waals surface area contributed by atoms with Crippen molar-refractivity contribution in [1.29, 1.82) is 0 Å². The molecule has 0 aromatic carbocycles. The van der Waals surface area contributed by atoms with Crippen molar-refractivity contribution in [2.45, 2.75) is 26.9 Å². The average Bonchev–Trinajstić information content (AvgIpc) is 2.96. The normalized spacial score (nSPS) is 10.7. The van der Waals surface area contributed by atoms with Crippen LogP contribution in [0.25, 0.3) is 0 Å². The van der Waals surface area contributed by atoms with Crippen LogP contribution in [0.1, 0.15) is 34.8 Å². The molecule has 0 aliphatic heterocycles. The predicted octanol–water partition coefficient (Wildman–Crippen LogP) is -0.347. The molecule has 2 N–H and O–H groups in total. The molecule has 9 heteroatoms. The summed E-state index contributed by atoms with van der Waals surface area (Å²) in [6.45, 7) is 4.00. The summed E-state index contributed by atoms with van der Waals surface area (Å²) in [5.74, 6) is 0.346. The van der Waals surface area contributed by atoms with E-state index in [2.05, 4.69) is 20.5 Å². The molecule has 9 nitrogen and oxygen atoms in total. The van der Waals surface area contributed by atoms with Crippen LogP contribution in [-0.2, 0) is 17.8 Å². The molecule has 2 rings (SSSR count). The van der Waals surface area contributed by atoms with E-state index in [0.29, 0.717) is 17.4 Å². The first kappa shape index (κ1) is 13.1. The summed E-state index contributed by atoms with van der Waals surface area (Å²) >= 11 is 0. The van der Waals surface area contributed by atoms with Gasteiger partial charge in [-0.2, -0.15) is 4.98 Å². The lowest BCUT2D eigenvalue weighted by Gasteiger charge is -2.03. The van der Waals surface area contributed by atoms with Crippen LogP contribution < -0.4 is 5.73 Å². The minimum atomic E-state index is -0.545. The second-order valence-electron chi connectivity index (χ2n) is 3.70. The number of hydrogen-bond acceptors (Lipinski definition) is 8. The molecule has 0 fully saturated rings. The van der Waals surface area contributed by atoms with E-state index in [-0.39, 0.29) is 25.4 Å². The molecule has 102 valence electrons. The Bertz CT molecular complexity index is 576. The summed E-state index contributed by atoms with van der Waals surface area (Å²) in [7, 11) is 0. The van der Waals surface area contributed by atoms with Crippen LogP contribution in [0, 0.1) is 6.92 Å². The zero-order valence-electron chi connectivity index (χ0n) is 10.7. The lowest BCUT2D eigenvalue weighted by molar-refractivity contribution is 0.0518. The molecule has 2 aromatic rings. The third-order valence-corrected chi connectivity index (χ3v) is 2.35. The first-order valence-electron chi connectivity index (χ1n) is 5.74. The highest BCUT2D eigenvalue weighted by Gasteiger charge is 2.20. The van der Waals surface area contributed by atoms with E-state index in [4.69, 9.17) is 15.0 Å². The van der Waals surface area contributed by atoms with Crippen molar-refractivity contribution in [2.75, 3.05) is 6.61 Å². The van der Waals surface area contributed by atoms with Gasteiger partial charge in [-0.15, -0.1) is 5.10 Å². The molecule has 0 radical (unpaired) electrons. The fourth-order valence-electron chi connectivity index (χ4n) is 1.55. The SMILES string of the molecule is CCOC(=O)c1nnn(Cc2nc(C)no2)c1CN. The number of rotatable bonds is 5. The van der Waals surface area contributed by atoms with Crippen LogP contribution in [0.5, 0.6) is 0 Å². The fraction of sp³-hybridized carbons (Fsp3) is 0.500. The van der Waals surface area contributed by atoms with E-state index < -0.39 is 5.97 Å². The highest BCUT2D eigenvalue weighted by molar-refractivity contribution is 5.88. The van der Waals surface area contributed by atoms with Crippen molar-refractivity contribution >= 4 is 5.97 Å². The van der Waals surface area contributed by atoms with Crippen molar-refractivity contribution in [1.82, 2.24) is 25.1 Å². The maximum absolute atomic E-state index is 11.6. The topological polar surface area (TPSA) is 122 Å². The third-order valence-electron chi connectivity index (χ3n) is 2.35. The molecule has 0 amide bonds. The van der Waals surface area contributed by atoms with Gasteiger partial charge in [0.05, 0.1) is 12.3 Å². The number of esters is 1. The number of carbonyl (C=O) groups is 1. The van der Waals surface area contributed by atoms with Gasteiger partial charge in [-0.3, -0.25) is 0 Å². The molecule has 0 saturated heterocycles. The summed E-state index contributed by atoms with van der Waals surface area (Å²) in [5, 5.41) is 11.3. The number of hydrogen-bond donors (Lipinski definition) is 1. The van der Waals surface area contributed by atoms with Crippen molar-refractivity contribution in [2.24, 2.45) is 5.73 Å². The minimum Gasteiger partial charge on any atom is -0.461 e. The van der Waals surface area contributed by atoms with Gasteiger partial charge in [0.2, 0.25) is 5.89 Å². The van der Waals surface area contributed by atoms with Crippen LogP contribution in [-0.4, -0.2) is 37.7 Å². The van der Waals surface area contributed by atoms with Gasteiger partial charge in [-0.1, -0.05) is 10.4 Å². The number of ether oxygens (including phenoxy) is 1. The van der Waals surface area contributed by atoms with Gasteiger partial charge in [0, 0.05) is 6.54 Å². The molecule has 0 aliphatic carbocycles. The third kappa shape index (κ3) is 2.76. The number of aryl methyl sites for hydroxylation is 1. The van der Waals surface area contributed by atoms with E-state index in [0.717, 1.165) is 0 Å². The Kier molecular flexibility index (Phi) is 3.85. The minimum absolute atomic E-state index is 0.105. The summed E-state index contributed by atoms with van der Waals surface area (Å²) in [6.07, 6.45) is 0. The van der Waals surface area contributed by atoms with Crippen molar-refractivity contribution in [3.8, 4) is 0 Å². The van der Waals surface area contributed by atoms with Crippen LogP contribution in [0.3, 0.4) is 0 Å². The zero-order chi connectivity index (χ0) is 13.8. The first-order chi connectivity index (χ1) is 9.15. The van der Waals surface area contributed by atoms with Crippen molar-refractivity contribution in [3.05, 3.63) is 23.1 Å². The van der Waals surface area contributed by atoms with Crippen LogP contribution in [0.2, 0.25) is 0 Å². The maximum atomic E-state index is 11.6. The van der Waals surface area contributed by atoms with Crippen LogP contribution in [0.4, 0.5) is 0 Å². The Balaban J connectivity index is 2.24. The zero-order valence-corrected chi connectivity index (χ0v) is 10.7. The Labute approximate surface area is 108 Å². The molecule has 0 atom stereocenters. The molecule has 2 aromatic heterocycles. The van der Waals surface area contributed by atoms with Gasteiger partial charge in [0.1, 0.15) is 6.54 Å². The molecule has 0 spiro atoms. The standard InChI is InChI=1S/C10H14N6O3/c1-3-18-10(17)9-7(4-11)16(15-13-9)5-8-12-6(2)14-19-8/h3-5,11H2,1-2H3. The van der Waals surface area contributed by atoms with E-state index in [1.165, 1.54) is 4.68 Å². The lowest BCUT2D eigenvalue weighted by atomic mass is 10.3. The monoisotopic (exact) mass is 266 g/mol.